The van der Waals surface area contributed by atoms with Crippen LogP contribution in [0.4, 0.5) is 0 Å². The van der Waals surface area contributed by atoms with Crippen molar-refractivity contribution in [1.82, 2.24) is 15.2 Å². The van der Waals surface area contributed by atoms with Gasteiger partial charge in [-0.2, -0.15) is 0 Å². The molecule has 1 fully saturated rings. The van der Waals surface area contributed by atoms with Crippen LogP contribution in [0.1, 0.15) is 30.9 Å². The standard InChI is InChI=1S/C20H28N4O.HI/c1-3-21-20(22-12-17-10-11-24(2)14-17)23-13-18-6-4-5-7-19(18)25-15-16-8-9-16;/h4-7,10-11,14,16H,3,8-9,12-13,15H2,1-2H3,(H2,21,22,23);1H. The van der Waals surface area contributed by atoms with Crippen LogP contribution in [-0.4, -0.2) is 23.7 Å². The van der Waals surface area contributed by atoms with Crippen LogP contribution in [0.15, 0.2) is 47.7 Å². The Hall–Kier alpha value is -1.70. The minimum absolute atomic E-state index is 0. The Labute approximate surface area is 173 Å². The maximum atomic E-state index is 5.98. The van der Waals surface area contributed by atoms with Crippen molar-refractivity contribution in [3.05, 3.63) is 53.9 Å². The number of hydrogen-bond donors (Lipinski definition) is 2. The average Bonchev–Trinajstić information content (AvgIpc) is 3.36. The van der Waals surface area contributed by atoms with Crippen molar-refractivity contribution in [3.8, 4) is 5.75 Å². The van der Waals surface area contributed by atoms with Crippen LogP contribution in [-0.2, 0) is 20.1 Å². The Kier molecular flexibility index (Phi) is 8.28. The van der Waals surface area contributed by atoms with E-state index in [9.17, 15) is 0 Å². The van der Waals surface area contributed by atoms with Gasteiger partial charge in [0.15, 0.2) is 5.96 Å². The monoisotopic (exact) mass is 468 g/mol. The van der Waals surface area contributed by atoms with Crippen molar-refractivity contribution in [3.63, 3.8) is 0 Å². The van der Waals surface area contributed by atoms with Gasteiger partial charge in [-0.15, -0.1) is 24.0 Å². The number of aromatic nitrogens is 1. The number of halogens is 1. The normalized spacial score (nSPS) is 13.8. The van der Waals surface area contributed by atoms with Crippen LogP contribution in [0, 0.1) is 5.92 Å². The summed E-state index contributed by atoms with van der Waals surface area (Å²) in [6.07, 6.45) is 6.74. The van der Waals surface area contributed by atoms with Crippen molar-refractivity contribution in [1.29, 1.82) is 0 Å². The summed E-state index contributed by atoms with van der Waals surface area (Å²) in [5, 5.41) is 6.71. The third-order valence-corrected chi connectivity index (χ3v) is 4.25. The molecule has 142 valence electrons. The highest BCUT2D eigenvalue weighted by atomic mass is 127. The first-order valence-electron chi connectivity index (χ1n) is 9.08. The molecular weight excluding hydrogens is 439 g/mol. The lowest BCUT2D eigenvalue weighted by molar-refractivity contribution is 0.296. The molecule has 1 aliphatic carbocycles. The van der Waals surface area contributed by atoms with Gasteiger partial charge in [0.2, 0.25) is 0 Å². The zero-order valence-electron chi connectivity index (χ0n) is 15.6. The highest BCUT2D eigenvalue weighted by Gasteiger charge is 2.22. The zero-order chi connectivity index (χ0) is 17.5. The molecule has 3 rings (SSSR count). The van der Waals surface area contributed by atoms with Crippen molar-refractivity contribution in [2.24, 2.45) is 18.0 Å². The van der Waals surface area contributed by atoms with E-state index in [-0.39, 0.29) is 24.0 Å². The summed E-state index contributed by atoms with van der Waals surface area (Å²) in [6.45, 7) is 5.10. The number of ether oxygens (including phenoxy) is 1. The molecule has 0 spiro atoms. The fraction of sp³-hybridized carbons (Fsp3) is 0.450. The van der Waals surface area contributed by atoms with E-state index in [2.05, 4.69) is 46.9 Å². The average molecular weight is 468 g/mol. The van der Waals surface area contributed by atoms with Crippen molar-refractivity contribution < 1.29 is 4.74 Å². The van der Waals surface area contributed by atoms with Crippen molar-refractivity contribution in [2.45, 2.75) is 32.9 Å². The first-order valence-corrected chi connectivity index (χ1v) is 9.08. The summed E-state index contributed by atoms with van der Waals surface area (Å²) in [6, 6.07) is 10.3. The zero-order valence-corrected chi connectivity index (χ0v) is 17.9. The van der Waals surface area contributed by atoms with Gasteiger partial charge >= 0.3 is 0 Å². The Balaban J connectivity index is 0.00000243. The van der Waals surface area contributed by atoms with E-state index in [1.54, 1.807) is 0 Å². The van der Waals surface area contributed by atoms with E-state index in [0.29, 0.717) is 13.1 Å². The fourth-order valence-electron chi connectivity index (χ4n) is 2.63. The Bertz CT molecular complexity index is 709. The molecule has 5 nitrogen and oxygen atoms in total. The summed E-state index contributed by atoms with van der Waals surface area (Å²) < 4.78 is 8.02. The van der Waals surface area contributed by atoms with Crippen LogP contribution in [0.5, 0.6) is 5.75 Å². The first-order chi connectivity index (χ1) is 12.2. The van der Waals surface area contributed by atoms with Gasteiger partial charge in [-0.25, -0.2) is 4.99 Å². The van der Waals surface area contributed by atoms with Gasteiger partial charge in [0.25, 0.3) is 0 Å². The number of aliphatic imine (C=N–C) groups is 1. The maximum absolute atomic E-state index is 5.98. The predicted octanol–water partition coefficient (Wildman–Crippen LogP) is 3.69. The Morgan fingerprint density at radius 3 is 2.73 bits per heavy atom. The number of nitrogens with one attached hydrogen (secondary N) is 2. The second-order valence-corrected chi connectivity index (χ2v) is 6.60. The summed E-state index contributed by atoms with van der Waals surface area (Å²) in [4.78, 5) is 4.67. The van der Waals surface area contributed by atoms with E-state index in [1.807, 2.05) is 29.9 Å². The number of benzene rings is 1. The van der Waals surface area contributed by atoms with Crippen LogP contribution >= 0.6 is 24.0 Å². The molecule has 26 heavy (non-hydrogen) atoms. The molecule has 0 radical (unpaired) electrons. The quantitative estimate of drug-likeness (QED) is 0.353. The number of aryl methyl sites for hydroxylation is 1. The number of rotatable bonds is 8. The van der Waals surface area contributed by atoms with Gasteiger partial charge in [0.1, 0.15) is 5.75 Å². The molecule has 1 aromatic heterocycles. The molecule has 0 unspecified atom stereocenters. The minimum Gasteiger partial charge on any atom is -0.493 e. The SMILES string of the molecule is CCNC(=NCc1ccn(C)c1)NCc1ccccc1OCC1CC1.I. The van der Waals surface area contributed by atoms with E-state index in [4.69, 9.17) is 4.74 Å². The van der Waals surface area contributed by atoms with Crippen molar-refractivity contribution >= 4 is 29.9 Å². The molecule has 2 N–H and O–H groups in total. The Morgan fingerprint density at radius 1 is 1.23 bits per heavy atom. The van der Waals surface area contributed by atoms with Gasteiger partial charge in [0.05, 0.1) is 13.2 Å². The lowest BCUT2D eigenvalue weighted by Crippen LogP contribution is -2.36. The molecular formula is C20H29IN4O. The largest absolute Gasteiger partial charge is 0.493 e. The molecule has 1 heterocycles. The molecule has 0 aliphatic heterocycles. The number of para-hydroxylation sites is 1. The van der Waals surface area contributed by atoms with Gasteiger partial charge in [-0.05, 0) is 43.4 Å². The van der Waals surface area contributed by atoms with Crippen LogP contribution in [0.25, 0.3) is 0 Å². The molecule has 0 saturated heterocycles. The molecule has 2 aromatic rings. The number of hydrogen-bond acceptors (Lipinski definition) is 2. The molecule has 1 aliphatic rings. The third kappa shape index (κ3) is 6.55. The lowest BCUT2D eigenvalue weighted by Gasteiger charge is -2.14. The fourth-order valence-corrected chi connectivity index (χ4v) is 2.63. The lowest BCUT2D eigenvalue weighted by atomic mass is 10.2. The van der Waals surface area contributed by atoms with Gasteiger partial charge in [-0.1, -0.05) is 18.2 Å². The molecule has 1 saturated carbocycles. The van der Waals surface area contributed by atoms with Gasteiger partial charge < -0.3 is 19.9 Å². The van der Waals surface area contributed by atoms with Crippen molar-refractivity contribution in [2.75, 3.05) is 13.2 Å². The molecule has 1 aromatic carbocycles. The molecule has 0 atom stereocenters. The predicted molar refractivity (Wildman–Crippen MR) is 117 cm³/mol. The van der Waals surface area contributed by atoms with Gasteiger partial charge in [-0.3, -0.25) is 0 Å². The van der Waals surface area contributed by atoms with Crippen LogP contribution in [0.3, 0.4) is 0 Å². The van der Waals surface area contributed by atoms with E-state index in [1.165, 1.54) is 18.4 Å². The van der Waals surface area contributed by atoms with Gasteiger partial charge in [0, 0.05) is 38.1 Å². The molecule has 6 heteroatoms. The summed E-state index contributed by atoms with van der Waals surface area (Å²) in [7, 11) is 2.02. The topological polar surface area (TPSA) is 50.6 Å². The second-order valence-electron chi connectivity index (χ2n) is 6.60. The third-order valence-electron chi connectivity index (χ3n) is 4.25. The first kappa shape index (κ1) is 20.6. The second kappa shape index (κ2) is 10.4. The van der Waals surface area contributed by atoms with Crippen LogP contribution in [0.2, 0.25) is 0 Å². The van der Waals surface area contributed by atoms with E-state index >= 15 is 0 Å². The maximum Gasteiger partial charge on any atom is 0.191 e. The minimum atomic E-state index is 0. The summed E-state index contributed by atoms with van der Waals surface area (Å²) in [5.74, 6) is 2.55. The molecule has 0 bridgehead atoms. The van der Waals surface area contributed by atoms with Crippen LogP contribution < -0.4 is 15.4 Å². The molecule has 0 amide bonds. The number of nitrogens with zero attached hydrogens (tertiary/aromatic N) is 2. The summed E-state index contributed by atoms with van der Waals surface area (Å²) in [5.41, 5.74) is 2.36. The Morgan fingerprint density at radius 2 is 2.04 bits per heavy atom. The number of guanidine groups is 1. The summed E-state index contributed by atoms with van der Waals surface area (Å²) >= 11 is 0. The smallest absolute Gasteiger partial charge is 0.191 e. The highest BCUT2D eigenvalue weighted by molar-refractivity contribution is 14.0. The van der Waals surface area contributed by atoms with E-state index < -0.39 is 0 Å². The van der Waals surface area contributed by atoms with E-state index in [0.717, 1.165) is 36.3 Å². The highest BCUT2D eigenvalue weighted by Crippen LogP contribution is 2.30.